The van der Waals surface area contributed by atoms with Crippen molar-refractivity contribution in [1.29, 1.82) is 0 Å². The molecule has 0 aliphatic carbocycles. The Hall–Kier alpha value is -6.02. The quantitative estimate of drug-likeness (QED) is 0.169. The second-order valence-electron chi connectivity index (χ2n) is 12.3. The Balaban J connectivity index is 1.08. The Bertz CT molecular complexity index is 2600. The molecule has 0 aliphatic rings. The van der Waals surface area contributed by atoms with E-state index in [1.807, 2.05) is 109 Å². The fraction of sp³-hybridized carbons (Fsp3) is 0. The molecule has 0 bridgehead atoms. The molecule has 2 heterocycles. The first-order chi connectivity index (χ1) is 24.2. The van der Waals surface area contributed by atoms with Crippen LogP contribution in [0.15, 0.2) is 186 Å². The molecule has 2 aromatic heterocycles. The van der Waals surface area contributed by atoms with E-state index in [1.54, 1.807) is 0 Å². The Morgan fingerprint density at radius 1 is 0.429 bits per heavy atom. The van der Waals surface area contributed by atoms with E-state index in [0.717, 1.165) is 82.3 Å². The van der Waals surface area contributed by atoms with Crippen molar-refractivity contribution in [3.63, 3.8) is 0 Å². The number of hydrogen-bond acceptors (Lipinski definition) is 3. The molecule has 7 aromatic carbocycles. The fourth-order valence-corrected chi connectivity index (χ4v) is 9.54. The van der Waals surface area contributed by atoms with Crippen LogP contribution in [0.1, 0.15) is 0 Å². The maximum Gasteiger partial charge on any atom is 0.171 e. The smallest absolute Gasteiger partial charge is 0.171 e. The van der Waals surface area contributed by atoms with Gasteiger partial charge in [-0.15, -0.1) is 0 Å². The summed E-state index contributed by atoms with van der Waals surface area (Å²) in [5.74, 6) is 0. The molecule has 0 amide bonds. The average Bonchev–Trinajstić information content (AvgIpc) is 3.58. The highest BCUT2D eigenvalue weighted by molar-refractivity contribution is 7.85. The van der Waals surface area contributed by atoms with Crippen molar-refractivity contribution in [2.45, 2.75) is 0 Å². The molecule has 232 valence electrons. The molecule has 0 radical (unpaired) electrons. The van der Waals surface area contributed by atoms with E-state index in [9.17, 15) is 4.57 Å². The van der Waals surface area contributed by atoms with Crippen LogP contribution in [0.2, 0.25) is 0 Å². The first-order valence-corrected chi connectivity index (χ1v) is 18.1. The van der Waals surface area contributed by atoms with Gasteiger partial charge in [-0.25, -0.2) is 4.98 Å². The van der Waals surface area contributed by atoms with E-state index < -0.39 is 7.14 Å². The number of benzene rings is 7. The predicted octanol–water partition coefficient (Wildman–Crippen LogP) is 10.8. The van der Waals surface area contributed by atoms with Crippen LogP contribution < -0.4 is 15.9 Å². The molecule has 0 N–H and O–H groups in total. The number of para-hydroxylation sites is 1. The standard InChI is InChI=1S/C45H30NO2P/c47-49(36-14-6-2-7-15-36,37-16-8-3-9-17-37)38-27-24-32(25-28-38)31-20-22-33(23-21-31)35-26-29-41-40(30-35)45-43(39-18-10-11-19-42(39)48-45)44(46-41)34-12-4-1-5-13-34/h1-30H. The van der Waals surface area contributed by atoms with Crippen molar-refractivity contribution in [3.8, 4) is 33.5 Å². The SMILES string of the molecule is O=P(c1ccccc1)(c1ccccc1)c1ccc(-c2ccc(-c3ccc4nc(-c5ccccc5)c5c6ccccc6oc5c4c3)cc2)cc1. The van der Waals surface area contributed by atoms with Gasteiger partial charge >= 0.3 is 0 Å². The molecule has 0 fully saturated rings. The lowest BCUT2D eigenvalue weighted by Crippen LogP contribution is -2.24. The van der Waals surface area contributed by atoms with Crippen molar-refractivity contribution < 1.29 is 8.98 Å². The summed E-state index contributed by atoms with van der Waals surface area (Å²) in [6.07, 6.45) is 0. The topological polar surface area (TPSA) is 43.1 Å². The third kappa shape index (κ3) is 4.99. The second kappa shape index (κ2) is 11.9. The molecular weight excluding hydrogens is 617 g/mol. The zero-order chi connectivity index (χ0) is 32.8. The van der Waals surface area contributed by atoms with Crippen LogP contribution in [0.4, 0.5) is 0 Å². The van der Waals surface area contributed by atoms with Gasteiger partial charge in [0.05, 0.1) is 16.6 Å². The van der Waals surface area contributed by atoms with Gasteiger partial charge in [0.1, 0.15) is 11.2 Å². The van der Waals surface area contributed by atoms with Crippen LogP contribution in [0.3, 0.4) is 0 Å². The summed E-state index contributed by atoms with van der Waals surface area (Å²) < 4.78 is 21.3. The van der Waals surface area contributed by atoms with Gasteiger partial charge in [-0.1, -0.05) is 164 Å². The minimum atomic E-state index is -3.02. The van der Waals surface area contributed by atoms with Gasteiger partial charge in [-0.3, -0.25) is 0 Å². The summed E-state index contributed by atoms with van der Waals surface area (Å²) >= 11 is 0. The molecule has 0 saturated heterocycles. The monoisotopic (exact) mass is 647 g/mol. The molecule has 3 nitrogen and oxygen atoms in total. The van der Waals surface area contributed by atoms with Crippen molar-refractivity contribution in [2.24, 2.45) is 0 Å². The normalized spacial score (nSPS) is 11.8. The zero-order valence-electron chi connectivity index (χ0n) is 26.5. The van der Waals surface area contributed by atoms with E-state index in [2.05, 4.69) is 72.8 Å². The number of hydrogen-bond donors (Lipinski definition) is 0. The molecular formula is C45H30NO2P. The lowest BCUT2D eigenvalue weighted by molar-refractivity contribution is 0.592. The van der Waals surface area contributed by atoms with Crippen molar-refractivity contribution in [3.05, 3.63) is 182 Å². The third-order valence-corrected chi connectivity index (χ3v) is 12.5. The molecule has 49 heavy (non-hydrogen) atoms. The number of furan rings is 1. The van der Waals surface area contributed by atoms with Gasteiger partial charge in [-0.2, -0.15) is 0 Å². The highest BCUT2D eigenvalue weighted by Gasteiger charge is 2.29. The van der Waals surface area contributed by atoms with E-state index >= 15 is 0 Å². The largest absolute Gasteiger partial charge is 0.455 e. The van der Waals surface area contributed by atoms with Gasteiger partial charge in [0, 0.05) is 32.2 Å². The summed E-state index contributed by atoms with van der Waals surface area (Å²) in [7, 11) is -3.02. The predicted molar refractivity (Wildman–Crippen MR) is 205 cm³/mol. The maximum absolute atomic E-state index is 14.8. The Morgan fingerprint density at radius 3 is 1.55 bits per heavy atom. The van der Waals surface area contributed by atoms with Crippen LogP contribution in [-0.2, 0) is 4.57 Å². The van der Waals surface area contributed by atoms with Crippen molar-refractivity contribution in [1.82, 2.24) is 4.98 Å². The number of pyridine rings is 1. The highest BCUT2D eigenvalue weighted by atomic mass is 31.2. The summed E-state index contributed by atoms with van der Waals surface area (Å²) in [4.78, 5) is 5.17. The summed E-state index contributed by atoms with van der Waals surface area (Å²) in [5, 5.41) is 5.58. The van der Waals surface area contributed by atoms with Gasteiger partial charge in [0.2, 0.25) is 0 Å². The number of aromatic nitrogens is 1. The number of nitrogens with zero attached hydrogens (tertiary/aromatic N) is 1. The molecule has 0 saturated carbocycles. The molecule has 0 atom stereocenters. The second-order valence-corrected chi connectivity index (χ2v) is 15.0. The lowest BCUT2D eigenvalue weighted by atomic mass is 9.98. The Morgan fingerprint density at radius 2 is 0.918 bits per heavy atom. The molecule has 9 aromatic rings. The summed E-state index contributed by atoms with van der Waals surface area (Å²) in [6.45, 7) is 0. The maximum atomic E-state index is 14.8. The first-order valence-electron chi connectivity index (χ1n) is 16.4. The van der Waals surface area contributed by atoms with E-state index in [1.165, 1.54) is 0 Å². The highest BCUT2D eigenvalue weighted by Crippen LogP contribution is 2.43. The number of rotatable bonds is 6. The molecule has 0 unspecified atom stereocenters. The summed E-state index contributed by atoms with van der Waals surface area (Å²) in [5.41, 5.74) is 8.97. The number of fused-ring (bicyclic) bond motifs is 5. The Kier molecular flexibility index (Phi) is 7.08. The van der Waals surface area contributed by atoms with Crippen LogP contribution in [0.25, 0.3) is 66.4 Å². The Labute approximate surface area is 284 Å². The van der Waals surface area contributed by atoms with E-state index in [0.29, 0.717) is 0 Å². The van der Waals surface area contributed by atoms with E-state index in [-0.39, 0.29) is 0 Å². The fourth-order valence-electron chi connectivity index (χ4n) is 6.89. The average molecular weight is 648 g/mol. The summed E-state index contributed by atoms with van der Waals surface area (Å²) in [6, 6.07) is 61.3. The zero-order valence-corrected chi connectivity index (χ0v) is 27.4. The van der Waals surface area contributed by atoms with Crippen LogP contribution in [0, 0.1) is 0 Å². The minimum Gasteiger partial charge on any atom is -0.455 e. The van der Waals surface area contributed by atoms with Crippen molar-refractivity contribution >= 4 is 55.9 Å². The van der Waals surface area contributed by atoms with Gasteiger partial charge in [-0.05, 0) is 40.5 Å². The van der Waals surface area contributed by atoms with Gasteiger partial charge in [0.15, 0.2) is 7.14 Å². The molecule has 0 spiro atoms. The van der Waals surface area contributed by atoms with Gasteiger partial charge in [0.25, 0.3) is 0 Å². The molecule has 9 rings (SSSR count). The van der Waals surface area contributed by atoms with E-state index in [4.69, 9.17) is 9.40 Å². The minimum absolute atomic E-state index is 0.822. The molecule has 0 aliphatic heterocycles. The van der Waals surface area contributed by atoms with Crippen LogP contribution in [0.5, 0.6) is 0 Å². The molecule has 4 heteroatoms. The first kappa shape index (κ1) is 29.1. The van der Waals surface area contributed by atoms with Crippen molar-refractivity contribution in [2.75, 3.05) is 0 Å². The lowest BCUT2D eigenvalue weighted by Gasteiger charge is -2.20. The van der Waals surface area contributed by atoms with Crippen LogP contribution >= 0.6 is 7.14 Å². The van der Waals surface area contributed by atoms with Crippen LogP contribution in [-0.4, -0.2) is 4.98 Å². The van der Waals surface area contributed by atoms with Gasteiger partial charge < -0.3 is 8.98 Å². The third-order valence-electron chi connectivity index (χ3n) is 9.38.